The molecule has 4 aromatic rings. The molecular weight excluding hydrogens is 559 g/mol. The molecule has 0 saturated heterocycles. The van der Waals surface area contributed by atoms with Crippen LogP contribution in [-0.4, -0.2) is 51.5 Å². The van der Waals surface area contributed by atoms with E-state index in [1.54, 1.807) is 45.0 Å². The van der Waals surface area contributed by atoms with E-state index in [1.165, 1.54) is 12.1 Å². The first-order valence-electron chi connectivity index (χ1n) is 13.3. The highest BCUT2D eigenvalue weighted by molar-refractivity contribution is 5.85. The van der Waals surface area contributed by atoms with Crippen LogP contribution in [0.4, 0.5) is 14.9 Å². The van der Waals surface area contributed by atoms with Crippen LogP contribution in [0.2, 0.25) is 0 Å². The number of ether oxygens (including phenoxy) is 2. The molecule has 0 aliphatic rings. The minimum atomic E-state index is -1.29. The lowest BCUT2D eigenvalue weighted by atomic mass is 10.0. The molecule has 11 nitrogen and oxygen atoms in total. The van der Waals surface area contributed by atoms with Gasteiger partial charge in [-0.2, -0.15) is 4.98 Å². The van der Waals surface area contributed by atoms with Crippen molar-refractivity contribution in [3.63, 3.8) is 0 Å². The highest BCUT2D eigenvalue weighted by Gasteiger charge is 2.22. The highest BCUT2D eigenvalue weighted by atomic mass is 19.1. The molecule has 224 valence electrons. The molecule has 0 aliphatic carbocycles. The minimum absolute atomic E-state index is 0.00587. The van der Waals surface area contributed by atoms with Gasteiger partial charge in [-0.1, -0.05) is 41.6 Å². The van der Waals surface area contributed by atoms with Crippen molar-refractivity contribution in [2.75, 3.05) is 11.9 Å². The summed E-state index contributed by atoms with van der Waals surface area (Å²) in [4.78, 5) is 40.2. The van der Waals surface area contributed by atoms with Gasteiger partial charge in [0.15, 0.2) is 0 Å². The van der Waals surface area contributed by atoms with Gasteiger partial charge in [-0.15, -0.1) is 0 Å². The largest absolute Gasteiger partial charge is 0.480 e. The maximum atomic E-state index is 15.1. The standard InChI is InChI=1S/C31H31FN4O7/c1-31(2,3)42-30(40)33-22-12-10-21(11-13-22)28-35-27(36-43-28)23-14-9-20(15-24(23)32)16-25(29(38)39)34-26(37)18-41-17-19-7-5-4-6-8-19/h4-15,25H,16-18H2,1-3H3,(H,33,40)(H,34,37)(H,38,39). The summed E-state index contributed by atoms with van der Waals surface area (Å²) in [7, 11) is 0. The van der Waals surface area contributed by atoms with E-state index in [0.29, 0.717) is 16.8 Å². The molecule has 1 atom stereocenters. The van der Waals surface area contributed by atoms with Crippen LogP contribution >= 0.6 is 0 Å². The number of halogens is 1. The number of amides is 2. The topological polar surface area (TPSA) is 153 Å². The van der Waals surface area contributed by atoms with Crippen molar-refractivity contribution in [2.24, 2.45) is 0 Å². The van der Waals surface area contributed by atoms with Crippen molar-refractivity contribution in [1.82, 2.24) is 15.5 Å². The van der Waals surface area contributed by atoms with Gasteiger partial charge >= 0.3 is 12.1 Å². The fourth-order valence-electron chi connectivity index (χ4n) is 3.94. The predicted molar refractivity (Wildman–Crippen MR) is 154 cm³/mol. The maximum Gasteiger partial charge on any atom is 0.412 e. The Labute approximate surface area is 247 Å². The number of aliphatic carboxylic acids is 1. The molecule has 1 unspecified atom stereocenters. The maximum absolute atomic E-state index is 15.1. The second kappa shape index (κ2) is 13.7. The van der Waals surface area contributed by atoms with Crippen LogP contribution in [-0.2, 0) is 32.1 Å². The second-order valence-corrected chi connectivity index (χ2v) is 10.6. The van der Waals surface area contributed by atoms with Crippen LogP contribution < -0.4 is 10.6 Å². The van der Waals surface area contributed by atoms with Gasteiger partial charge in [0.1, 0.15) is 24.1 Å². The number of hydrogen-bond donors (Lipinski definition) is 3. The number of nitrogens with zero attached hydrogens (tertiary/aromatic N) is 2. The normalized spacial score (nSPS) is 11.9. The summed E-state index contributed by atoms with van der Waals surface area (Å²) in [5, 5.41) is 18.5. The Morgan fingerprint density at radius 2 is 1.72 bits per heavy atom. The summed E-state index contributed by atoms with van der Waals surface area (Å²) in [6.07, 6.45) is -0.748. The van der Waals surface area contributed by atoms with Gasteiger partial charge in [-0.25, -0.2) is 14.0 Å². The first-order valence-corrected chi connectivity index (χ1v) is 13.3. The number of anilines is 1. The number of carbonyl (C=O) groups is 3. The van der Waals surface area contributed by atoms with Crippen molar-refractivity contribution < 1.29 is 37.9 Å². The number of benzene rings is 3. The molecule has 1 heterocycles. The molecule has 0 radical (unpaired) electrons. The third kappa shape index (κ3) is 9.20. The molecule has 3 aromatic carbocycles. The van der Waals surface area contributed by atoms with Crippen LogP contribution in [0.25, 0.3) is 22.8 Å². The van der Waals surface area contributed by atoms with Crippen molar-refractivity contribution in [3.05, 3.63) is 89.7 Å². The average molecular weight is 591 g/mol. The Bertz CT molecular complexity index is 1570. The molecule has 12 heteroatoms. The van der Waals surface area contributed by atoms with Gasteiger partial charge in [0.05, 0.1) is 12.2 Å². The van der Waals surface area contributed by atoms with E-state index in [1.807, 2.05) is 30.3 Å². The summed E-state index contributed by atoms with van der Waals surface area (Å²) in [6, 6.07) is 18.6. The van der Waals surface area contributed by atoms with Crippen LogP contribution in [0.15, 0.2) is 77.3 Å². The summed E-state index contributed by atoms with van der Waals surface area (Å²) < 4.78 is 30.9. The number of carbonyl (C=O) groups excluding carboxylic acids is 2. The van der Waals surface area contributed by atoms with Gasteiger partial charge in [0.25, 0.3) is 5.89 Å². The van der Waals surface area contributed by atoms with Crippen molar-refractivity contribution in [2.45, 2.75) is 45.4 Å². The predicted octanol–water partition coefficient (Wildman–Crippen LogP) is 5.22. The van der Waals surface area contributed by atoms with Gasteiger partial charge in [-0.3, -0.25) is 10.1 Å². The molecule has 4 rings (SSSR count). The molecule has 0 aliphatic heterocycles. The number of carboxylic acids is 1. The van der Waals surface area contributed by atoms with Gasteiger partial charge in [0, 0.05) is 17.7 Å². The van der Waals surface area contributed by atoms with Crippen LogP contribution in [0.3, 0.4) is 0 Å². The van der Waals surface area contributed by atoms with Crippen molar-refractivity contribution in [3.8, 4) is 22.8 Å². The SMILES string of the molecule is CC(C)(C)OC(=O)Nc1ccc(-c2nc(-c3ccc(CC(NC(=O)COCc4ccccc4)C(=O)O)cc3F)no2)cc1. The molecule has 0 spiro atoms. The summed E-state index contributed by atoms with van der Waals surface area (Å²) in [5.41, 5.74) is 1.67. The zero-order valence-corrected chi connectivity index (χ0v) is 23.8. The quantitative estimate of drug-likeness (QED) is 0.213. The number of carboxylic acid groups (broad SMARTS) is 1. The summed E-state index contributed by atoms with van der Waals surface area (Å²) in [6.45, 7) is 5.16. The van der Waals surface area contributed by atoms with Gasteiger partial charge in [0.2, 0.25) is 11.7 Å². The zero-order chi connectivity index (χ0) is 31.0. The lowest BCUT2D eigenvalue weighted by Gasteiger charge is -2.19. The lowest BCUT2D eigenvalue weighted by molar-refractivity contribution is -0.142. The Balaban J connectivity index is 1.35. The molecule has 0 bridgehead atoms. The van der Waals surface area contributed by atoms with Crippen molar-refractivity contribution >= 4 is 23.7 Å². The fourth-order valence-corrected chi connectivity index (χ4v) is 3.94. The fraction of sp³-hybridized carbons (Fsp3) is 0.258. The number of rotatable bonds is 11. The van der Waals surface area contributed by atoms with E-state index in [9.17, 15) is 19.5 Å². The van der Waals surface area contributed by atoms with Crippen LogP contribution in [0, 0.1) is 5.82 Å². The number of aromatic nitrogens is 2. The zero-order valence-electron chi connectivity index (χ0n) is 23.8. The molecule has 0 fully saturated rings. The molecule has 0 saturated carbocycles. The van der Waals surface area contributed by atoms with Crippen LogP contribution in [0.5, 0.6) is 0 Å². The van der Waals surface area contributed by atoms with E-state index in [2.05, 4.69) is 20.8 Å². The number of nitrogens with one attached hydrogen (secondary N) is 2. The van der Waals surface area contributed by atoms with E-state index in [4.69, 9.17) is 14.0 Å². The summed E-state index contributed by atoms with van der Waals surface area (Å²) in [5.74, 6) is -2.44. The first-order chi connectivity index (χ1) is 20.5. The minimum Gasteiger partial charge on any atom is -0.480 e. The first kappa shape index (κ1) is 30.8. The molecule has 2 amide bonds. The van der Waals surface area contributed by atoms with Gasteiger partial charge in [-0.05, 0) is 68.3 Å². The Morgan fingerprint density at radius 3 is 2.37 bits per heavy atom. The van der Waals surface area contributed by atoms with Gasteiger partial charge < -0.3 is 24.4 Å². The van der Waals surface area contributed by atoms with E-state index in [-0.39, 0.29) is 36.9 Å². The monoisotopic (exact) mass is 590 g/mol. The highest BCUT2D eigenvalue weighted by Crippen LogP contribution is 2.26. The molecule has 43 heavy (non-hydrogen) atoms. The third-order valence-corrected chi connectivity index (χ3v) is 5.90. The average Bonchev–Trinajstić information content (AvgIpc) is 3.43. The van der Waals surface area contributed by atoms with E-state index < -0.39 is 35.4 Å². The van der Waals surface area contributed by atoms with E-state index >= 15 is 4.39 Å². The molecule has 1 aromatic heterocycles. The van der Waals surface area contributed by atoms with Crippen molar-refractivity contribution in [1.29, 1.82) is 0 Å². The smallest absolute Gasteiger partial charge is 0.412 e. The third-order valence-electron chi connectivity index (χ3n) is 5.90. The second-order valence-electron chi connectivity index (χ2n) is 10.6. The lowest BCUT2D eigenvalue weighted by Crippen LogP contribution is -2.43. The van der Waals surface area contributed by atoms with E-state index in [0.717, 1.165) is 11.6 Å². The number of hydrogen-bond acceptors (Lipinski definition) is 8. The molecular formula is C31H31FN4O7. The Morgan fingerprint density at radius 1 is 1.00 bits per heavy atom. The summed E-state index contributed by atoms with van der Waals surface area (Å²) >= 11 is 0. The molecule has 3 N–H and O–H groups in total. The Kier molecular flexibility index (Phi) is 9.83. The van der Waals surface area contributed by atoms with Crippen LogP contribution in [0.1, 0.15) is 31.9 Å². The Hall–Kier alpha value is -5.10.